The van der Waals surface area contributed by atoms with Gasteiger partial charge in [-0.1, -0.05) is 36.7 Å². The van der Waals surface area contributed by atoms with Crippen molar-refractivity contribution >= 4 is 29.0 Å². The Bertz CT molecular complexity index is 905. The summed E-state index contributed by atoms with van der Waals surface area (Å²) in [5.74, 6) is -0.791. The van der Waals surface area contributed by atoms with E-state index in [0.717, 1.165) is 0 Å². The molecule has 1 N–H and O–H groups in total. The van der Waals surface area contributed by atoms with Crippen molar-refractivity contribution < 1.29 is 19.4 Å². The van der Waals surface area contributed by atoms with E-state index in [1.165, 1.54) is 4.90 Å². The van der Waals surface area contributed by atoms with Gasteiger partial charge >= 0.3 is 0 Å². The molecule has 0 spiro atoms. The van der Waals surface area contributed by atoms with Gasteiger partial charge in [0.1, 0.15) is 5.75 Å². The Balaban J connectivity index is 2.14. The smallest absolute Gasteiger partial charge is 0.294 e. The van der Waals surface area contributed by atoms with E-state index in [2.05, 4.69) is 0 Å². The molecule has 0 fully saturated rings. The van der Waals surface area contributed by atoms with E-state index >= 15 is 0 Å². The number of amides is 1. The van der Waals surface area contributed by atoms with E-state index in [1.807, 2.05) is 6.92 Å². The van der Waals surface area contributed by atoms with Crippen molar-refractivity contribution in [1.82, 2.24) is 0 Å². The molecule has 0 radical (unpaired) electrons. The Kier molecular flexibility index (Phi) is 5.51. The third-order valence-electron chi connectivity index (χ3n) is 4.42. The summed E-state index contributed by atoms with van der Waals surface area (Å²) in [6.45, 7) is 4.06. The van der Waals surface area contributed by atoms with Gasteiger partial charge in [-0.3, -0.25) is 14.5 Å². The topological polar surface area (TPSA) is 66.8 Å². The maximum atomic E-state index is 12.9. The van der Waals surface area contributed by atoms with Gasteiger partial charge < -0.3 is 9.84 Å². The zero-order chi connectivity index (χ0) is 19.6. The minimum absolute atomic E-state index is 0.103. The molecule has 2 aromatic rings. The Morgan fingerprint density at radius 1 is 1.19 bits per heavy atom. The van der Waals surface area contributed by atoms with E-state index < -0.39 is 17.7 Å². The highest BCUT2D eigenvalue weighted by atomic mass is 35.5. The van der Waals surface area contributed by atoms with Crippen molar-refractivity contribution in [3.05, 3.63) is 70.4 Å². The lowest BCUT2D eigenvalue weighted by molar-refractivity contribution is -0.118. The normalized spacial score (nSPS) is 16.8. The van der Waals surface area contributed by atoms with Crippen molar-refractivity contribution in [3.8, 4) is 5.75 Å². The molecule has 0 bridgehead atoms. The number of rotatable bonds is 6. The molecule has 6 heteroatoms. The summed E-state index contributed by atoms with van der Waals surface area (Å²) in [7, 11) is 0. The molecule has 0 aliphatic carbocycles. The number of benzene rings is 2. The molecule has 140 valence electrons. The number of halogens is 1. The second-order valence-electron chi connectivity index (χ2n) is 6.10. The molecule has 5 nitrogen and oxygen atoms in total. The van der Waals surface area contributed by atoms with E-state index in [0.29, 0.717) is 28.6 Å². The SMILES string of the molecule is CCOc1cccc(N2C(=O)C(O)=C(C(=O)CC)C2c2ccc(Cl)cc2)c1. The molecule has 1 unspecified atom stereocenters. The standard InChI is InChI=1S/C21H20ClNO4/c1-3-17(24)18-19(13-8-10-14(22)11-9-13)23(21(26)20(18)25)15-6-5-7-16(12-15)27-4-2/h5-12,19,25H,3-4H2,1-2H3. The van der Waals surface area contributed by atoms with Crippen molar-refractivity contribution in [3.63, 3.8) is 0 Å². The summed E-state index contributed by atoms with van der Waals surface area (Å²) < 4.78 is 5.52. The molecule has 0 saturated carbocycles. The minimum atomic E-state index is -0.723. The maximum absolute atomic E-state index is 12.9. The largest absolute Gasteiger partial charge is 0.503 e. The van der Waals surface area contributed by atoms with Crippen LogP contribution < -0.4 is 9.64 Å². The van der Waals surface area contributed by atoms with E-state index in [4.69, 9.17) is 16.3 Å². The van der Waals surface area contributed by atoms with Gasteiger partial charge in [-0.25, -0.2) is 0 Å². The van der Waals surface area contributed by atoms with Crippen LogP contribution in [0.25, 0.3) is 0 Å². The van der Waals surface area contributed by atoms with Crippen LogP contribution in [0.1, 0.15) is 31.9 Å². The first-order valence-corrected chi connectivity index (χ1v) is 9.13. The Labute approximate surface area is 162 Å². The quantitative estimate of drug-likeness (QED) is 0.788. The minimum Gasteiger partial charge on any atom is -0.503 e. The lowest BCUT2D eigenvalue weighted by Crippen LogP contribution is -2.31. The van der Waals surface area contributed by atoms with Crippen LogP contribution in [0.2, 0.25) is 5.02 Å². The average Bonchev–Trinajstić information content (AvgIpc) is 2.93. The van der Waals surface area contributed by atoms with Gasteiger partial charge in [0, 0.05) is 23.2 Å². The number of nitrogens with zero attached hydrogens (tertiary/aromatic N) is 1. The second-order valence-corrected chi connectivity index (χ2v) is 6.54. The molecule has 27 heavy (non-hydrogen) atoms. The van der Waals surface area contributed by atoms with Crippen LogP contribution in [0.15, 0.2) is 59.9 Å². The molecule has 0 saturated heterocycles. The zero-order valence-electron chi connectivity index (χ0n) is 15.1. The molecule has 2 aromatic carbocycles. The van der Waals surface area contributed by atoms with Crippen molar-refractivity contribution in [2.75, 3.05) is 11.5 Å². The Morgan fingerprint density at radius 3 is 2.52 bits per heavy atom. The fraction of sp³-hybridized carbons (Fsp3) is 0.238. The van der Waals surface area contributed by atoms with Crippen molar-refractivity contribution in [2.45, 2.75) is 26.3 Å². The maximum Gasteiger partial charge on any atom is 0.294 e. The van der Waals surface area contributed by atoms with Crippen LogP contribution in [-0.4, -0.2) is 23.4 Å². The van der Waals surface area contributed by atoms with Gasteiger partial charge in [0.25, 0.3) is 5.91 Å². The monoisotopic (exact) mass is 385 g/mol. The first-order chi connectivity index (χ1) is 13.0. The van der Waals surface area contributed by atoms with Crippen LogP contribution in [-0.2, 0) is 9.59 Å². The molecule has 1 heterocycles. The number of carbonyl (C=O) groups excluding carboxylic acids is 2. The van der Waals surface area contributed by atoms with Crippen molar-refractivity contribution in [1.29, 1.82) is 0 Å². The number of anilines is 1. The number of ether oxygens (including phenoxy) is 1. The zero-order valence-corrected chi connectivity index (χ0v) is 15.9. The molecular weight excluding hydrogens is 366 g/mol. The van der Waals surface area contributed by atoms with Gasteiger partial charge in [0.15, 0.2) is 11.5 Å². The third kappa shape index (κ3) is 3.55. The Hall–Kier alpha value is -2.79. The number of hydrogen-bond donors (Lipinski definition) is 1. The van der Waals surface area contributed by atoms with Crippen LogP contribution in [0.5, 0.6) is 5.75 Å². The van der Waals surface area contributed by atoms with Gasteiger partial charge in [-0.15, -0.1) is 0 Å². The van der Waals surface area contributed by atoms with Gasteiger partial charge in [0.05, 0.1) is 18.2 Å². The number of ketones is 1. The molecule has 3 rings (SSSR count). The van der Waals surface area contributed by atoms with Crippen LogP contribution in [0, 0.1) is 0 Å². The third-order valence-corrected chi connectivity index (χ3v) is 4.67. The predicted molar refractivity (Wildman–Crippen MR) is 104 cm³/mol. The number of hydrogen-bond acceptors (Lipinski definition) is 4. The summed E-state index contributed by atoms with van der Waals surface area (Å²) >= 11 is 5.99. The summed E-state index contributed by atoms with van der Waals surface area (Å²) in [6, 6.07) is 13.2. The lowest BCUT2D eigenvalue weighted by Gasteiger charge is -2.27. The van der Waals surface area contributed by atoms with Crippen LogP contribution in [0.3, 0.4) is 0 Å². The predicted octanol–water partition coefficient (Wildman–Crippen LogP) is 4.62. The molecule has 0 aromatic heterocycles. The average molecular weight is 386 g/mol. The van der Waals surface area contributed by atoms with Crippen LogP contribution >= 0.6 is 11.6 Å². The summed E-state index contributed by atoms with van der Waals surface area (Å²) in [6.07, 6.45) is 0.184. The van der Waals surface area contributed by atoms with E-state index in [9.17, 15) is 14.7 Å². The summed E-state index contributed by atoms with van der Waals surface area (Å²) in [5.41, 5.74) is 1.33. The van der Waals surface area contributed by atoms with Gasteiger partial charge in [-0.2, -0.15) is 0 Å². The fourth-order valence-electron chi connectivity index (χ4n) is 3.20. The first kappa shape index (κ1) is 19.0. The van der Waals surface area contributed by atoms with Crippen molar-refractivity contribution in [2.24, 2.45) is 0 Å². The van der Waals surface area contributed by atoms with E-state index in [-0.39, 0.29) is 17.8 Å². The first-order valence-electron chi connectivity index (χ1n) is 8.76. The highest BCUT2D eigenvalue weighted by Gasteiger charge is 2.43. The number of aliphatic hydroxyl groups is 1. The fourth-order valence-corrected chi connectivity index (χ4v) is 3.32. The molecule has 1 aliphatic rings. The van der Waals surface area contributed by atoms with Gasteiger partial charge in [-0.05, 0) is 36.8 Å². The lowest BCUT2D eigenvalue weighted by atomic mass is 9.95. The summed E-state index contributed by atoms with van der Waals surface area (Å²) in [4.78, 5) is 26.8. The molecule has 1 aliphatic heterocycles. The van der Waals surface area contributed by atoms with Gasteiger partial charge in [0.2, 0.25) is 0 Å². The van der Waals surface area contributed by atoms with Crippen LogP contribution in [0.4, 0.5) is 5.69 Å². The molecule has 1 atom stereocenters. The number of Topliss-reactive ketones (excluding diaryl/α,β-unsaturated/α-hetero) is 1. The van der Waals surface area contributed by atoms with E-state index in [1.54, 1.807) is 55.5 Å². The molecule has 1 amide bonds. The second kappa shape index (κ2) is 7.84. The summed E-state index contributed by atoms with van der Waals surface area (Å²) in [5, 5.41) is 11.0. The Morgan fingerprint density at radius 2 is 1.89 bits per heavy atom. The molecular formula is C21H20ClNO4. The highest BCUT2D eigenvalue weighted by Crippen LogP contribution is 2.42. The number of carbonyl (C=O) groups is 2. The number of aliphatic hydroxyl groups excluding tert-OH is 1. The highest BCUT2D eigenvalue weighted by molar-refractivity contribution is 6.30.